The highest BCUT2D eigenvalue weighted by molar-refractivity contribution is 6.72. The Labute approximate surface area is 177 Å². The summed E-state index contributed by atoms with van der Waals surface area (Å²) in [7, 11) is -1.20. The van der Waals surface area contributed by atoms with Crippen molar-refractivity contribution >= 4 is 20.2 Å². The van der Waals surface area contributed by atoms with Crippen molar-refractivity contribution in [2.24, 2.45) is 0 Å². The molecule has 2 fully saturated rings. The number of anilines is 1. The summed E-state index contributed by atoms with van der Waals surface area (Å²) in [5, 5.41) is 0. The van der Waals surface area contributed by atoms with Crippen LogP contribution in [0.5, 0.6) is 0 Å². The Balaban J connectivity index is 1.93. The Bertz CT molecular complexity index is 650. The summed E-state index contributed by atoms with van der Waals surface area (Å²) in [6, 6.07) is 8.57. The number of rotatable bonds is 6. The van der Waals surface area contributed by atoms with Gasteiger partial charge in [-0.25, -0.2) is 0 Å². The molecule has 0 aromatic heterocycles. The summed E-state index contributed by atoms with van der Waals surface area (Å²) < 4.78 is 27.5. The Morgan fingerprint density at radius 1 is 0.690 bits per heavy atom. The molecule has 0 aliphatic carbocycles. The van der Waals surface area contributed by atoms with Crippen LogP contribution >= 0.6 is 0 Å². The minimum absolute atomic E-state index is 0.444. The Morgan fingerprint density at radius 2 is 1.07 bits per heavy atom. The molecule has 2 aliphatic rings. The molecule has 2 aliphatic heterocycles. The van der Waals surface area contributed by atoms with Gasteiger partial charge in [-0.05, 0) is 85.9 Å². The highest BCUT2D eigenvalue weighted by Crippen LogP contribution is 2.43. The van der Waals surface area contributed by atoms with E-state index < -0.39 is 36.9 Å². The Hall–Kier alpha value is -1.01. The molecule has 0 unspecified atom stereocenters. The molecule has 0 radical (unpaired) electrons. The van der Waals surface area contributed by atoms with Gasteiger partial charge in [-0.1, -0.05) is 25.5 Å². The summed E-state index contributed by atoms with van der Waals surface area (Å²) in [5.41, 5.74) is 0.517. The maximum Gasteiger partial charge on any atom is 0.585 e. The minimum Gasteiger partial charge on any atom is -0.385 e. The number of aryl methyl sites for hydroxylation is 1. The van der Waals surface area contributed by atoms with Gasteiger partial charge in [-0.15, -0.1) is 0 Å². The Morgan fingerprint density at radius 3 is 1.41 bits per heavy atom. The molecule has 5 nitrogen and oxygen atoms in total. The Kier molecular flexibility index (Phi) is 5.94. The average molecular weight is 401 g/mol. The van der Waals surface area contributed by atoms with E-state index in [0.29, 0.717) is 0 Å². The number of nitrogens with zero attached hydrogens (tertiary/aromatic N) is 1. The molecule has 3 rings (SSSR count). The third-order valence-electron chi connectivity index (χ3n) is 6.99. The molecule has 0 amide bonds. The molecule has 160 valence electrons. The van der Waals surface area contributed by atoms with Crippen LogP contribution in [-0.2, 0) is 25.0 Å². The van der Waals surface area contributed by atoms with Crippen LogP contribution in [0.25, 0.3) is 0 Å². The van der Waals surface area contributed by atoms with Gasteiger partial charge in [0.15, 0.2) is 0 Å². The maximum atomic E-state index is 6.37. The van der Waals surface area contributed by atoms with Crippen molar-refractivity contribution in [3.63, 3.8) is 0 Å². The van der Waals surface area contributed by atoms with Crippen molar-refractivity contribution in [1.82, 2.24) is 0 Å². The monoisotopic (exact) mass is 401 g/mol. The molecule has 1 aromatic carbocycles. The number of unbranched alkanes of at least 4 members (excludes halogenated alkanes) is 1. The molecule has 29 heavy (non-hydrogen) atoms. The van der Waals surface area contributed by atoms with Gasteiger partial charge in [0.1, 0.15) is 0 Å². The van der Waals surface area contributed by atoms with E-state index >= 15 is 0 Å². The fourth-order valence-electron chi connectivity index (χ4n) is 3.41. The molecule has 0 N–H and O–H groups in total. The number of hydrogen-bond acceptors (Lipinski definition) is 5. The zero-order valence-electron chi connectivity index (χ0n) is 19.7. The largest absolute Gasteiger partial charge is 0.585 e. The van der Waals surface area contributed by atoms with E-state index in [2.05, 4.69) is 86.6 Å². The second-order valence-corrected chi connectivity index (χ2v) is 10.3. The maximum absolute atomic E-state index is 6.37. The van der Waals surface area contributed by atoms with Crippen LogP contribution in [0.4, 0.5) is 5.69 Å². The van der Waals surface area contributed by atoms with E-state index in [4.69, 9.17) is 18.6 Å². The second kappa shape index (κ2) is 7.60. The summed E-state index contributed by atoms with van der Waals surface area (Å²) in [5.74, 6) is 0. The zero-order chi connectivity index (χ0) is 21.7. The molecule has 0 atom stereocenters. The van der Waals surface area contributed by atoms with Crippen LogP contribution in [0.3, 0.4) is 0 Å². The topological polar surface area (TPSA) is 40.2 Å². The van der Waals surface area contributed by atoms with E-state index in [1.165, 1.54) is 18.4 Å². The first-order valence-electron chi connectivity index (χ1n) is 10.9. The smallest absolute Gasteiger partial charge is 0.385 e. The first kappa shape index (κ1) is 22.7. The fourth-order valence-corrected chi connectivity index (χ4v) is 3.41. The van der Waals surface area contributed by atoms with E-state index in [1.54, 1.807) is 0 Å². The standard InChI is InChI=1S/C22H37B2NO4/c1-10-11-12-17-13-15-18(16-14-17)25(23-26-19(2,3)20(4,5)27-23)24-28-21(6,7)22(8,9)29-24/h13-16H,10-12H2,1-9H3. The van der Waals surface area contributed by atoms with Gasteiger partial charge in [0.2, 0.25) is 0 Å². The van der Waals surface area contributed by atoms with Gasteiger partial charge < -0.3 is 23.3 Å². The lowest BCUT2D eigenvalue weighted by Gasteiger charge is -2.32. The SMILES string of the molecule is CCCCc1ccc(N(B2OC(C)(C)C(C)(C)O2)B2OC(C)(C)C(C)(C)O2)cc1. The van der Waals surface area contributed by atoms with Crippen LogP contribution < -0.4 is 4.72 Å². The van der Waals surface area contributed by atoms with Crippen molar-refractivity contribution in [1.29, 1.82) is 0 Å². The fraction of sp³-hybridized carbons (Fsp3) is 0.727. The molecule has 0 spiro atoms. The number of benzene rings is 1. The molecule has 0 saturated carbocycles. The third kappa shape index (κ3) is 4.25. The van der Waals surface area contributed by atoms with Crippen LogP contribution in [0.1, 0.15) is 80.7 Å². The van der Waals surface area contributed by atoms with E-state index in [9.17, 15) is 0 Å². The van der Waals surface area contributed by atoms with Gasteiger partial charge >= 0.3 is 14.5 Å². The highest BCUT2D eigenvalue weighted by atomic mass is 16.7. The van der Waals surface area contributed by atoms with Crippen molar-refractivity contribution < 1.29 is 18.6 Å². The first-order chi connectivity index (χ1) is 13.3. The zero-order valence-corrected chi connectivity index (χ0v) is 19.7. The van der Waals surface area contributed by atoms with Crippen LogP contribution in [0, 0.1) is 0 Å². The number of hydrogen-bond donors (Lipinski definition) is 0. The second-order valence-electron chi connectivity index (χ2n) is 10.3. The predicted octanol–water partition coefficient (Wildman–Crippen LogP) is 5.01. The normalized spacial score (nSPS) is 24.2. The minimum atomic E-state index is -0.601. The van der Waals surface area contributed by atoms with Gasteiger partial charge in [0.05, 0.1) is 22.4 Å². The van der Waals surface area contributed by atoms with Gasteiger partial charge in [0.25, 0.3) is 0 Å². The molecular weight excluding hydrogens is 364 g/mol. The van der Waals surface area contributed by atoms with Gasteiger partial charge in [0, 0.05) is 5.69 Å². The van der Waals surface area contributed by atoms with E-state index in [-0.39, 0.29) is 0 Å². The quantitative estimate of drug-likeness (QED) is 0.627. The van der Waals surface area contributed by atoms with Crippen molar-refractivity contribution in [3.05, 3.63) is 29.8 Å². The van der Waals surface area contributed by atoms with Crippen LogP contribution in [0.15, 0.2) is 24.3 Å². The summed E-state index contributed by atoms with van der Waals surface area (Å²) >= 11 is 0. The lowest BCUT2D eigenvalue weighted by Crippen LogP contribution is -2.53. The molecule has 2 heterocycles. The third-order valence-corrected chi connectivity index (χ3v) is 6.99. The molecule has 0 bridgehead atoms. The van der Waals surface area contributed by atoms with E-state index in [0.717, 1.165) is 12.1 Å². The van der Waals surface area contributed by atoms with Gasteiger partial charge in [-0.2, -0.15) is 0 Å². The van der Waals surface area contributed by atoms with E-state index in [1.807, 2.05) is 4.72 Å². The van der Waals surface area contributed by atoms with Crippen molar-refractivity contribution in [2.75, 3.05) is 4.72 Å². The predicted molar refractivity (Wildman–Crippen MR) is 120 cm³/mol. The van der Waals surface area contributed by atoms with Crippen LogP contribution in [-0.4, -0.2) is 36.9 Å². The highest BCUT2D eigenvalue weighted by Gasteiger charge is 2.61. The molecule has 7 heteroatoms. The van der Waals surface area contributed by atoms with Crippen LogP contribution in [0.2, 0.25) is 0 Å². The molecule has 2 saturated heterocycles. The lowest BCUT2D eigenvalue weighted by atomic mass is 9.87. The molecule has 1 aromatic rings. The summed E-state index contributed by atoms with van der Waals surface area (Å²) in [6.07, 6.45) is 3.47. The summed E-state index contributed by atoms with van der Waals surface area (Å²) in [4.78, 5) is 0. The lowest BCUT2D eigenvalue weighted by molar-refractivity contribution is 0.00578. The molecular formula is C22H37B2NO4. The first-order valence-corrected chi connectivity index (χ1v) is 10.9. The van der Waals surface area contributed by atoms with Gasteiger partial charge in [-0.3, -0.25) is 0 Å². The summed E-state index contributed by atoms with van der Waals surface area (Å²) in [6.45, 7) is 18.7. The van der Waals surface area contributed by atoms with Crippen molar-refractivity contribution in [2.45, 2.75) is 104 Å². The average Bonchev–Trinajstić information content (AvgIpc) is 2.93. The van der Waals surface area contributed by atoms with Crippen molar-refractivity contribution in [3.8, 4) is 0 Å².